The number of hydrogen-bond donors (Lipinski definition) is 1. The molecule has 5 heteroatoms. The number of thiazole rings is 1. The molecule has 0 radical (unpaired) electrons. The second-order valence-electron chi connectivity index (χ2n) is 6.79. The molecule has 1 saturated carbocycles. The molecule has 0 spiro atoms. The molecule has 134 valence electrons. The molecule has 1 aromatic carbocycles. The number of carbonyl (C=O) groups is 1. The van der Waals surface area contributed by atoms with E-state index in [9.17, 15) is 9.90 Å². The molecule has 1 amide bonds. The summed E-state index contributed by atoms with van der Waals surface area (Å²) in [6.45, 7) is 2.56. The van der Waals surface area contributed by atoms with Gasteiger partial charge < -0.3 is 10.0 Å². The fraction of sp³-hybridized carbons (Fsp3) is 0.500. The first kappa shape index (κ1) is 18.1. The molecular formula is C20H26N2O2S. The highest BCUT2D eigenvalue weighted by Crippen LogP contribution is 2.26. The van der Waals surface area contributed by atoms with Crippen LogP contribution >= 0.6 is 11.3 Å². The summed E-state index contributed by atoms with van der Waals surface area (Å²) in [6.07, 6.45) is 4.59. The normalized spacial score (nSPS) is 20.4. The van der Waals surface area contributed by atoms with Crippen molar-refractivity contribution in [1.82, 2.24) is 9.88 Å². The Labute approximate surface area is 153 Å². The van der Waals surface area contributed by atoms with Gasteiger partial charge in [-0.15, -0.1) is 11.3 Å². The lowest BCUT2D eigenvalue weighted by atomic mass is 9.90. The standard InChI is InChI=1S/C20H26N2O2S/c1-15-19(25-14-21-15)11-12-20(24)22(13-16-7-3-2-4-8-16)17-9-5-6-10-18(17)23/h2-4,7-8,14,17-18,23H,5-6,9-13H2,1H3/t17-,18-/m0/s1. The number of rotatable bonds is 6. The molecule has 2 atom stereocenters. The number of aromatic nitrogens is 1. The van der Waals surface area contributed by atoms with Crippen molar-refractivity contribution >= 4 is 17.2 Å². The number of hydrogen-bond acceptors (Lipinski definition) is 4. The summed E-state index contributed by atoms with van der Waals surface area (Å²) < 4.78 is 0. The van der Waals surface area contributed by atoms with Crippen LogP contribution in [0.5, 0.6) is 0 Å². The van der Waals surface area contributed by atoms with Gasteiger partial charge in [0.15, 0.2) is 0 Å². The highest BCUT2D eigenvalue weighted by molar-refractivity contribution is 7.09. The minimum absolute atomic E-state index is 0.0657. The molecule has 1 heterocycles. The van der Waals surface area contributed by atoms with Crippen LogP contribution in [0, 0.1) is 6.92 Å². The second kappa shape index (κ2) is 8.59. The number of nitrogens with zero attached hydrogens (tertiary/aromatic N) is 2. The molecule has 1 aliphatic carbocycles. The van der Waals surface area contributed by atoms with E-state index >= 15 is 0 Å². The molecule has 4 nitrogen and oxygen atoms in total. The summed E-state index contributed by atoms with van der Waals surface area (Å²) in [7, 11) is 0. The van der Waals surface area contributed by atoms with E-state index in [2.05, 4.69) is 4.98 Å². The van der Waals surface area contributed by atoms with E-state index in [-0.39, 0.29) is 11.9 Å². The van der Waals surface area contributed by atoms with Crippen LogP contribution in [0.3, 0.4) is 0 Å². The third-order valence-electron chi connectivity index (χ3n) is 5.02. The van der Waals surface area contributed by atoms with Crippen molar-refractivity contribution in [2.45, 2.75) is 64.1 Å². The summed E-state index contributed by atoms with van der Waals surface area (Å²) in [4.78, 5) is 20.4. The number of aliphatic hydroxyl groups is 1. The minimum Gasteiger partial charge on any atom is -0.391 e. The van der Waals surface area contributed by atoms with Crippen LogP contribution in [-0.2, 0) is 17.8 Å². The van der Waals surface area contributed by atoms with Crippen molar-refractivity contribution in [1.29, 1.82) is 0 Å². The van der Waals surface area contributed by atoms with E-state index in [1.165, 1.54) is 4.88 Å². The fourth-order valence-electron chi connectivity index (χ4n) is 3.56. The van der Waals surface area contributed by atoms with Crippen LogP contribution in [0.4, 0.5) is 0 Å². The molecule has 1 N–H and O–H groups in total. The maximum atomic E-state index is 13.0. The monoisotopic (exact) mass is 358 g/mol. The van der Waals surface area contributed by atoms with Crippen molar-refractivity contribution in [2.24, 2.45) is 0 Å². The minimum atomic E-state index is -0.411. The second-order valence-corrected chi connectivity index (χ2v) is 7.73. The maximum absolute atomic E-state index is 13.0. The Balaban J connectivity index is 1.72. The quantitative estimate of drug-likeness (QED) is 0.856. The van der Waals surface area contributed by atoms with Gasteiger partial charge in [0, 0.05) is 17.8 Å². The SMILES string of the molecule is Cc1ncsc1CCC(=O)N(Cc1ccccc1)[C@H]1CCCC[C@@H]1O. The summed E-state index contributed by atoms with van der Waals surface area (Å²) >= 11 is 1.61. The van der Waals surface area contributed by atoms with Crippen molar-refractivity contribution in [3.63, 3.8) is 0 Å². The van der Waals surface area contributed by atoms with E-state index in [1.54, 1.807) is 11.3 Å². The van der Waals surface area contributed by atoms with Crippen molar-refractivity contribution in [3.05, 3.63) is 52.0 Å². The Morgan fingerprint density at radius 1 is 1.28 bits per heavy atom. The average molecular weight is 359 g/mol. The zero-order chi connectivity index (χ0) is 17.6. The van der Waals surface area contributed by atoms with Gasteiger partial charge in [-0.2, -0.15) is 0 Å². The van der Waals surface area contributed by atoms with Gasteiger partial charge in [-0.1, -0.05) is 43.2 Å². The molecule has 1 aliphatic rings. The van der Waals surface area contributed by atoms with Gasteiger partial charge in [0.2, 0.25) is 5.91 Å². The Morgan fingerprint density at radius 2 is 2.04 bits per heavy atom. The topological polar surface area (TPSA) is 53.4 Å². The molecule has 2 aromatic rings. The molecule has 3 rings (SSSR count). The van der Waals surface area contributed by atoms with Crippen LogP contribution in [0.2, 0.25) is 0 Å². The Hall–Kier alpha value is -1.72. The molecule has 1 fully saturated rings. The van der Waals surface area contributed by atoms with Gasteiger partial charge in [-0.3, -0.25) is 4.79 Å². The van der Waals surface area contributed by atoms with E-state index in [0.717, 1.165) is 43.4 Å². The molecule has 0 aliphatic heterocycles. The third-order valence-corrected chi connectivity index (χ3v) is 6.02. The molecule has 0 unspecified atom stereocenters. The van der Waals surface area contributed by atoms with Gasteiger partial charge in [-0.25, -0.2) is 4.98 Å². The van der Waals surface area contributed by atoms with Crippen molar-refractivity contribution < 1.29 is 9.90 Å². The lowest BCUT2D eigenvalue weighted by Crippen LogP contribution is -2.48. The predicted octanol–water partition coefficient (Wildman–Crippen LogP) is 3.72. The highest BCUT2D eigenvalue weighted by Gasteiger charge is 2.31. The number of amides is 1. The molecule has 1 aromatic heterocycles. The van der Waals surface area contributed by atoms with Crippen LogP contribution < -0.4 is 0 Å². The van der Waals surface area contributed by atoms with Crippen LogP contribution in [0.15, 0.2) is 35.8 Å². The highest BCUT2D eigenvalue weighted by atomic mass is 32.1. The molecular weight excluding hydrogens is 332 g/mol. The molecule has 0 bridgehead atoms. The molecule has 25 heavy (non-hydrogen) atoms. The maximum Gasteiger partial charge on any atom is 0.223 e. The van der Waals surface area contributed by atoms with Crippen LogP contribution in [0.25, 0.3) is 0 Å². The Bertz CT molecular complexity index is 686. The van der Waals surface area contributed by atoms with Crippen LogP contribution in [0.1, 0.15) is 48.2 Å². The first-order valence-electron chi connectivity index (χ1n) is 9.05. The summed E-state index contributed by atoms with van der Waals surface area (Å²) in [5.41, 5.74) is 3.97. The lowest BCUT2D eigenvalue weighted by molar-refractivity contribution is -0.138. The first-order chi connectivity index (χ1) is 12.1. The number of benzene rings is 1. The van der Waals surface area contributed by atoms with Gasteiger partial charge in [-0.05, 0) is 31.7 Å². The zero-order valence-electron chi connectivity index (χ0n) is 14.7. The van der Waals surface area contributed by atoms with E-state index in [1.807, 2.05) is 47.7 Å². The Morgan fingerprint density at radius 3 is 2.72 bits per heavy atom. The van der Waals surface area contributed by atoms with E-state index < -0.39 is 6.10 Å². The zero-order valence-corrected chi connectivity index (χ0v) is 15.5. The van der Waals surface area contributed by atoms with Crippen LogP contribution in [-0.4, -0.2) is 33.0 Å². The molecule has 0 saturated heterocycles. The number of carbonyl (C=O) groups excluding carboxylic acids is 1. The Kier molecular flexibility index (Phi) is 6.21. The fourth-order valence-corrected chi connectivity index (χ4v) is 4.34. The summed E-state index contributed by atoms with van der Waals surface area (Å²) in [5, 5.41) is 10.5. The van der Waals surface area contributed by atoms with E-state index in [0.29, 0.717) is 13.0 Å². The van der Waals surface area contributed by atoms with Crippen molar-refractivity contribution in [2.75, 3.05) is 0 Å². The summed E-state index contributed by atoms with van der Waals surface area (Å²) in [6, 6.07) is 10.00. The number of aryl methyl sites for hydroxylation is 2. The smallest absolute Gasteiger partial charge is 0.223 e. The average Bonchev–Trinajstić information content (AvgIpc) is 3.04. The largest absolute Gasteiger partial charge is 0.391 e. The van der Waals surface area contributed by atoms with Gasteiger partial charge in [0.25, 0.3) is 0 Å². The first-order valence-corrected chi connectivity index (χ1v) is 9.93. The number of aliphatic hydroxyl groups excluding tert-OH is 1. The summed E-state index contributed by atoms with van der Waals surface area (Å²) in [5.74, 6) is 0.127. The van der Waals surface area contributed by atoms with E-state index in [4.69, 9.17) is 0 Å². The predicted molar refractivity (Wildman–Crippen MR) is 100 cm³/mol. The van der Waals surface area contributed by atoms with Gasteiger partial charge in [0.1, 0.15) is 0 Å². The van der Waals surface area contributed by atoms with Gasteiger partial charge in [0.05, 0.1) is 23.4 Å². The van der Waals surface area contributed by atoms with Crippen molar-refractivity contribution in [3.8, 4) is 0 Å². The third kappa shape index (κ3) is 4.67. The lowest BCUT2D eigenvalue weighted by Gasteiger charge is -2.38. The van der Waals surface area contributed by atoms with Gasteiger partial charge >= 0.3 is 0 Å².